The molecule has 134 valence electrons. The number of halogens is 1. The minimum atomic E-state index is -0.821. The van der Waals surface area contributed by atoms with Gasteiger partial charge in [0.05, 0.1) is 7.11 Å². The first kappa shape index (κ1) is 20.5. The minimum absolute atomic E-state index is 0.490. The van der Waals surface area contributed by atoms with Crippen molar-refractivity contribution in [2.45, 2.75) is 51.7 Å². The fraction of sp³-hybridized carbons (Fsp3) is 0.556. The van der Waals surface area contributed by atoms with Gasteiger partial charge in [-0.3, -0.25) is 4.90 Å². The first-order chi connectivity index (χ1) is 10.9. The van der Waals surface area contributed by atoms with Crippen molar-refractivity contribution in [3.8, 4) is 0 Å². The molecule has 1 amide bonds. The van der Waals surface area contributed by atoms with Crippen molar-refractivity contribution in [1.29, 1.82) is 0 Å². The van der Waals surface area contributed by atoms with E-state index in [1.165, 1.54) is 12.0 Å². The third-order valence-electron chi connectivity index (χ3n) is 3.77. The van der Waals surface area contributed by atoms with Crippen molar-refractivity contribution in [2.75, 3.05) is 14.2 Å². The molecule has 0 spiro atoms. The number of esters is 1. The van der Waals surface area contributed by atoms with E-state index >= 15 is 0 Å². The summed E-state index contributed by atoms with van der Waals surface area (Å²) in [4.78, 5) is 26.2. The van der Waals surface area contributed by atoms with Crippen LogP contribution >= 0.6 is 15.9 Å². The van der Waals surface area contributed by atoms with E-state index in [4.69, 9.17) is 9.47 Å². The second-order valence-corrected chi connectivity index (χ2v) is 8.16. The second-order valence-electron chi connectivity index (χ2n) is 7.25. The summed E-state index contributed by atoms with van der Waals surface area (Å²) >= 11 is 3.40. The number of hydrogen-bond acceptors (Lipinski definition) is 4. The largest absolute Gasteiger partial charge is 0.467 e. The zero-order valence-corrected chi connectivity index (χ0v) is 16.9. The number of benzene rings is 1. The van der Waals surface area contributed by atoms with Gasteiger partial charge in [-0.25, -0.2) is 9.59 Å². The molecule has 1 aromatic carbocycles. The maximum absolute atomic E-state index is 12.4. The lowest BCUT2D eigenvalue weighted by molar-refractivity contribution is -0.148. The summed E-state index contributed by atoms with van der Waals surface area (Å²) in [6.07, 6.45) is -0.567. The van der Waals surface area contributed by atoms with Crippen LogP contribution < -0.4 is 0 Å². The number of hydrogen-bond donors (Lipinski definition) is 0. The average Bonchev–Trinajstić information content (AvgIpc) is 2.45. The summed E-state index contributed by atoms with van der Waals surface area (Å²) in [5, 5.41) is 0. The Labute approximate surface area is 152 Å². The van der Waals surface area contributed by atoms with Gasteiger partial charge in [0.2, 0.25) is 0 Å². The molecular weight excluding hydrogens is 374 g/mol. The minimum Gasteiger partial charge on any atom is -0.467 e. The van der Waals surface area contributed by atoms with Crippen LogP contribution in [-0.2, 0) is 19.7 Å². The number of carbonyl (C=O) groups excluding carboxylic acids is 2. The highest BCUT2D eigenvalue weighted by molar-refractivity contribution is 9.10. The van der Waals surface area contributed by atoms with Gasteiger partial charge in [0.15, 0.2) is 0 Å². The summed E-state index contributed by atoms with van der Waals surface area (Å²) in [6.45, 7) is 9.15. The Morgan fingerprint density at radius 1 is 1.08 bits per heavy atom. The zero-order valence-electron chi connectivity index (χ0n) is 15.3. The Balaban J connectivity index is 3.23. The molecule has 0 aromatic heterocycles. The molecule has 1 aromatic rings. The summed E-state index contributed by atoms with van der Waals surface area (Å²) in [7, 11) is 2.87. The van der Waals surface area contributed by atoms with Crippen molar-refractivity contribution in [3.05, 3.63) is 34.3 Å². The number of nitrogens with zero attached hydrogens (tertiary/aromatic N) is 1. The normalized spacial score (nSPS) is 13.2. The third kappa shape index (κ3) is 4.97. The number of likely N-dealkylation sites (N-methyl/N-ethyl adjacent to an activating group) is 1. The van der Waals surface area contributed by atoms with E-state index in [-0.39, 0.29) is 0 Å². The molecule has 0 aliphatic carbocycles. The van der Waals surface area contributed by atoms with Crippen LogP contribution in [0.2, 0.25) is 0 Å². The van der Waals surface area contributed by atoms with Crippen molar-refractivity contribution in [2.24, 2.45) is 0 Å². The van der Waals surface area contributed by atoms with Crippen molar-refractivity contribution in [3.63, 3.8) is 0 Å². The van der Waals surface area contributed by atoms with Gasteiger partial charge in [0.1, 0.15) is 11.6 Å². The third-order valence-corrected chi connectivity index (χ3v) is 4.29. The summed E-state index contributed by atoms with van der Waals surface area (Å²) in [5.41, 5.74) is -0.399. The van der Waals surface area contributed by atoms with Crippen LogP contribution in [0.15, 0.2) is 28.7 Å². The predicted octanol–water partition coefficient (Wildman–Crippen LogP) is 4.14. The highest BCUT2D eigenvalue weighted by atomic mass is 79.9. The highest BCUT2D eigenvalue weighted by Crippen LogP contribution is 2.32. The predicted molar refractivity (Wildman–Crippen MR) is 97.0 cm³/mol. The van der Waals surface area contributed by atoms with E-state index in [0.717, 1.165) is 10.0 Å². The van der Waals surface area contributed by atoms with Gasteiger partial charge < -0.3 is 9.47 Å². The monoisotopic (exact) mass is 399 g/mol. The quantitative estimate of drug-likeness (QED) is 0.713. The number of ether oxygens (including phenoxy) is 2. The van der Waals surface area contributed by atoms with E-state index in [1.54, 1.807) is 27.8 Å². The molecule has 0 aliphatic rings. The molecule has 0 saturated heterocycles. The molecule has 0 N–H and O–H groups in total. The lowest BCUT2D eigenvalue weighted by atomic mass is 9.77. The molecule has 6 heteroatoms. The lowest BCUT2D eigenvalue weighted by Gasteiger charge is -2.39. The Morgan fingerprint density at radius 3 is 2.00 bits per heavy atom. The molecular formula is C18H26BrNO4. The van der Waals surface area contributed by atoms with E-state index < -0.39 is 29.1 Å². The first-order valence-electron chi connectivity index (χ1n) is 7.70. The van der Waals surface area contributed by atoms with Crippen LogP contribution in [0.1, 0.15) is 40.2 Å². The van der Waals surface area contributed by atoms with Crippen LogP contribution in [0.5, 0.6) is 0 Å². The Bertz CT molecular complexity index is 590. The number of amides is 1. The molecule has 0 saturated carbocycles. The Morgan fingerprint density at radius 2 is 1.58 bits per heavy atom. The molecule has 24 heavy (non-hydrogen) atoms. The SMILES string of the molecule is COC(=O)C(N(C)C(=O)OC(C)(C)C)C(C)(C)c1ccc(Br)cc1. The smallest absolute Gasteiger partial charge is 0.410 e. The molecule has 0 bridgehead atoms. The zero-order chi connectivity index (χ0) is 18.7. The van der Waals surface area contributed by atoms with E-state index in [0.29, 0.717) is 0 Å². The molecule has 0 fully saturated rings. The van der Waals surface area contributed by atoms with E-state index in [9.17, 15) is 9.59 Å². The fourth-order valence-corrected chi connectivity index (χ4v) is 2.79. The van der Waals surface area contributed by atoms with Crippen LogP contribution in [0, 0.1) is 0 Å². The maximum Gasteiger partial charge on any atom is 0.410 e. The van der Waals surface area contributed by atoms with Crippen LogP contribution in [0.25, 0.3) is 0 Å². The highest BCUT2D eigenvalue weighted by Gasteiger charge is 2.43. The molecule has 0 heterocycles. The molecule has 1 unspecified atom stereocenters. The Kier molecular flexibility index (Phi) is 6.45. The maximum atomic E-state index is 12.4. The van der Waals surface area contributed by atoms with Gasteiger partial charge in [-0.15, -0.1) is 0 Å². The molecule has 0 aliphatic heterocycles. The fourth-order valence-electron chi connectivity index (χ4n) is 2.53. The molecule has 1 atom stereocenters. The van der Waals surface area contributed by atoms with Gasteiger partial charge in [0.25, 0.3) is 0 Å². The number of methoxy groups -OCH3 is 1. The van der Waals surface area contributed by atoms with Gasteiger partial charge in [-0.2, -0.15) is 0 Å². The number of carbonyl (C=O) groups is 2. The van der Waals surface area contributed by atoms with E-state index in [1.807, 2.05) is 38.1 Å². The van der Waals surface area contributed by atoms with Crippen LogP contribution in [-0.4, -0.2) is 42.8 Å². The standard InChI is InChI=1S/C18H26BrNO4/c1-17(2,3)24-16(22)20(6)14(15(21)23-7)18(4,5)12-8-10-13(19)11-9-12/h8-11,14H,1-7H3. The van der Waals surface area contributed by atoms with Crippen LogP contribution in [0.3, 0.4) is 0 Å². The van der Waals surface area contributed by atoms with Crippen molar-refractivity contribution in [1.82, 2.24) is 4.90 Å². The molecule has 1 rings (SSSR count). The number of rotatable bonds is 4. The summed E-state index contributed by atoms with van der Waals surface area (Å²) in [5.74, 6) is -0.490. The lowest BCUT2D eigenvalue weighted by Crippen LogP contribution is -2.54. The summed E-state index contributed by atoms with van der Waals surface area (Å²) < 4.78 is 11.3. The molecule has 5 nitrogen and oxygen atoms in total. The summed E-state index contributed by atoms with van der Waals surface area (Å²) in [6, 6.07) is 6.82. The first-order valence-corrected chi connectivity index (χ1v) is 8.49. The molecule has 0 radical (unpaired) electrons. The van der Waals surface area contributed by atoms with Crippen LogP contribution in [0.4, 0.5) is 4.79 Å². The van der Waals surface area contributed by atoms with Gasteiger partial charge in [-0.1, -0.05) is 41.9 Å². The van der Waals surface area contributed by atoms with Gasteiger partial charge in [-0.05, 0) is 38.5 Å². The van der Waals surface area contributed by atoms with Gasteiger partial charge in [0, 0.05) is 16.9 Å². The van der Waals surface area contributed by atoms with Gasteiger partial charge >= 0.3 is 12.1 Å². The van der Waals surface area contributed by atoms with Crippen molar-refractivity contribution >= 4 is 28.0 Å². The van der Waals surface area contributed by atoms with Crippen molar-refractivity contribution < 1.29 is 19.1 Å². The van der Waals surface area contributed by atoms with E-state index in [2.05, 4.69) is 15.9 Å². The topological polar surface area (TPSA) is 55.8 Å². The average molecular weight is 400 g/mol. The Hall–Kier alpha value is -1.56. The second kappa shape index (κ2) is 7.55.